The summed E-state index contributed by atoms with van der Waals surface area (Å²) in [6.45, 7) is 3.79. The molecule has 0 aromatic carbocycles. The number of rotatable bonds is 61. The van der Waals surface area contributed by atoms with E-state index >= 15 is 0 Å². The number of nitrogens with one attached hydrogen (secondary N) is 1. The molecule has 0 bridgehead atoms. The van der Waals surface area contributed by atoms with E-state index in [4.69, 9.17) is 9.47 Å². The molecule has 1 saturated heterocycles. The second-order valence-corrected chi connectivity index (χ2v) is 24.3. The van der Waals surface area contributed by atoms with Crippen LogP contribution in [0.4, 0.5) is 0 Å². The highest BCUT2D eigenvalue weighted by molar-refractivity contribution is 5.76. The monoisotopic (exact) mass is 1140 g/mol. The third-order valence-electron chi connectivity index (χ3n) is 16.6. The van der Waals surface area contributed by atoms with Gasteiger partial charge in [-0.25, -0.2) is 0 Å². The Balaban J connectivity index is 2.12. The first-order chi connectivity index (χ1) is 39.8. The van der Waals surface area contributed by atoms with Crippen LogP contribution >= 0.6 is 0 Å². The lowest BCUT2D eigenvalue weighted by Crippen LogP contribution is -2.60. The van der Waals surface area contributed by atoms with Crippen molar-refractivity contribution in [3.05, 3.63) is 60.8 Å². The van der Waals surface area contributed by atoms with Gasteiger partial charge in [0, 0.05) is 6.42 Å². The molecule has 0 aromatic heterocycles. The van der Waals surface area contributed by atoms with Gasteiger partial charge in [0.15, 0.2) is 6.29 Å². The van der Waals surface area contributed by atoms with Gasteiger partial charge in [0.1, 0.15) is 24.4 Å². The number of hydrogen-bond donors (Lipinski definition) is 6. The highest BCUT2D eigenvalue weighted by atomic mass is 16.7. The van der Waals surface area contributed by atoms with Crippen LogP contribution in [-0.4, -0.2) is 87.5 Å². The molecule has 1 fully saturated rings. The van der Waals surface area contributed by atoms with Crippen LogP contribution in [0, 0.1) is 0 Å². The molecule has 1 aliphatic rings. The minimum absolute atomic E-state index is 0.182. The number of allylic oxidation sites excluding steroid dienone is 9. The molecule has 81 heavy (non-hydrogen) atoms. The first kappa shape index (κ1) is 76.9. The van der Waals surface area contributed by atoms with Gasteiger partial charge >= 0.3 is 0 Å². The van der Waals surface area contributed by atoms with Crippen molar-refractivity contribution in [2.45, 2.75) is 378 Å². The van der Waals surface area contributed by atoms with Gasteiger partial charge in [0.2, 0.25) is 5.91 Å². The van der Waals surface area contributed by atoms with E-state index < -0.39 is 49.5 Å². The van der Waals surface area contributed by atoms with Crippen LogP contribution in [0.2, 0.25) is 0 Å². The predicted molar refractivity (Wildman–Crippen MR) is 346 cm³/mol. The molecule has 0 radical (unpaired) electrons. The third kappa shape index (κ3) is 49.8. The largest absolute Gasteiger partial charge is 0.394 e. The maximum atomic E-state index is 13.1. The summed E-state index contributed by atoms with van der Waals surface area (Å²) < 4.78 is 11.3. The Morgan fingerprint density at radius 3 is 1.12 bits per heavy atom. The number of aliphatic hydroxyl groups is 5. The fourth-order valence-electron chi connectivity index (χ4n) is 11.1. The van der Waals surface area contributed by atoms with Crippen molar-refractivity contribution in [2.75, 3.05) is 13.2 Å². The second kappa shape index (κ2) is 61.0. The Kier molecular flexibility index (Phi) is 57.9. The standard InChI is InChI=1S/C72H133NO8/c1-3-5-7-9-11-13-15-17-19-21-23-25-27-28-29-30-31-32-33-34-35-36-37-38-40-42-44-46-48-50-52-54-56-58-60-62-68(76)73-65(64-80-72-71(79)70(78)69(77)67(63-74)81-72)66(75)61-59-57-55-53-51-49-47-45-43-41-39-26-24-22-20-18-16-14-12-10-8-6-4-2/h15,17,21,23,27-28,51,53,59,61,65-67,69-72,74-75,77-79H,3-14,16,18-20,22,24-26,29-50,52,54-58,60,62-64H2,1-2H3,(H,73,76)/b17-15-,23-21-,28-27-,53-51+,61-59+. The van der Waals surface area contributed by atoms with Crippen LogP contribution in [0.5, 0.6) is 0 Å². The van der Waals surface area contributed by atoms with Crippen LogP contribution in [0.25, 0.3) is 0 Å². The smallest absolute Gasteiger partial charge is 0.220 e. The lowest BCUT2D eigenvalue weighted by Gasteiger charge is -2.40. The van der Waals surface area contributed by atoms with Gasteiger partial charge in [-0.3, -0.25) is 4.79 Å². The quantitative estimate of drug-likeness (QED) is 0.0261. The molecule has 9 nitrogen and oxygen atoms in total. The predicted octanol–water partition coefficient (Wildman–Crippen LogP) is 19.0. The summed E-state index contributed by atoms with van der Waals surface area (Å²) in [6, 6.07) is -0.824. The third-order valence-corrected chi connectivity index (χ3v) is 16.6. The lowest BCUT2D eigenvalue weighted by atomic mass is 9.99. The molecule has 1 rings (SSSR count). The molecule has 0 saturated carbocycles. The maximum Gasteiger partial charge on any atom is 0.220 e. The normalized spacial score (nSPS) is 18.7. The summed E-state index contributed by atoms with van der Waals surface area (Å²) in [5.41, 5.74) is 0. The summed E-state index contributed by atoms with van der Waals surface area (Å²) in [6.07, 6.45) is 77.6. The summed E-state index contributed by atoms with van der Waals surface area (Å²) in [7, 11) is 0. The molecule has 0 aromatic rings. The van der Waals surface area contributed by atoms with Crippen molar-refractivity contribution in [3.63, 3.8) is 0 Å². The molecule has 0 spiro atoms. The molecule has 474 valence electrons. The zero-order chi connectivity index (χ0) is 58.6. The molecule has 6 N–H and O–H groups in total. The molecule has 1 heterocycles. The number of aliphatic hydroxyl groups excluding tert-OH is 5. The van der Waals surface area contributed by atoms with E-state index in [0.717, 1.165) is 51.4 Å². The first-order valence-electron chi connectivity index (χ1n) is 35.0. The molecule has 9 heteroatoms. The number of hydrogen-bond acceptors (Lipinski definition) is 8. The summed E-state index contributed by atoms with van der Waals surface area (Å²) in [5, 5.41) is 54.7. The van der Waals surface area contributed by atoms with Crippen molar-refractivity contribution in [2.24, 2.45) is 0 Å². The van der Waals surface area contributed by atoms with Gasteiger partial charge in [0.25, 0.3) is 0 Å². The van der Waals surface area contributed by atoms with E-state index in [1.807, 2.05) is 6.08 Å². The van der Waals surface area contributed by atoms with Crippen molar-refractivity contribution in [1.82, 2.24) is 5.32 Å². The van der Waals surface area contributed by atoms with Gasteiger partial charge in [-0.05, 0) is 70.6 Å². The number of unbranched alkanes of at least 4 members (excludes halogenated alkanes) is 43. The molecule has 1 amide bonds. The van der Waals surface area contributed by atoms with Crippen LogP contribution < -0.4 is 5.32 Å². The average molecular weight is 1140 g/mol. The highest BCUT2D eigenvalue weighted by Gasteiger charge is 2.44. The molecule has 7 atom stereocenters. The van der Waals surface area contributed by atoms with Gasteiger partial charge < -0.3 is 40.3 Å². The Hall–Kier alpha value is -2.11. The zero-order valence-corrected chi connectivity index (χ0v) is 53.0. The Bertz CT molecular complexity index is 1460. The van der Waals surface area contributed by atoms with E-state index in [0.29, 0.717) is 6.42 Å². The van der Waals surface area contributed by atoms with Crippen molar-refractivity contribution in [1.29, 1.82) is 0 Å². The number of ether oxygens (including phenoxy) is 2. The minimum Gasteiger partial charge on any atom is -0.394 e. The number of amides is 1. The van der Waals surface area contributed by atoms with E-state index in [-0.39, 0.29) is 12.5 Å². The fraction of sp³-hybridized carbons (Fsp3) is 0.847. The molecular formula is C72H133NO8. The lowest BCUT2D eigenvalue weighted by molar-refractivity contribution is -0.302. The van der Waals surface area contributed by atoms with Crippen LogP contribution in [0.3, 0.4) is 0 Å². The number of carbonyl (C=O) groups is 1. The first-order valence-corrected chi connectivity index (χ1v) is 35.0. The van der Waals surface area contributed by atoms with Crippen LogP contribution in [0.1, 0.15) is 335 Å². The van der Waals surface area contributed by atoms with E-state index in [1.165, 1.54) is 263 Å². The molecule has 7 unspecified atom stereocenters. The Morgan fingerprint density at radius 2 is 0.741 bits per heavy atom. The van der Waals surface area contributed by atoms with Gasteiger partial charge in [0.05, 0.1) is 25.4 Å². The Morgan fingerprint density at radius 1 is 0.420 bits per heavy atom. The Labute approximate surface area is 500 Å². The topological polar surface area (TPSA) is 149 Å². The summed E-state index contributed by atoms with van der Waals surface area (Å²) in [4.78, 5) is 13.1. The molecule has 1 aliphatic heterocycles. The minimum atomic E-state index is -1.57. The summed E-state index contributed by atoms with van der Waals surface area (Å²) in [5.74, 6) is -0.182. The average Bonchev–Trinajstić information content (AvgIpc) is 3.48. The second-order valence-electron chi connectivity index (χ2n) is 24.3. The van der Waals surface area contributed by atoms with E-state index in [1.54, 1.807) is 6.08 Å². The molecule has 0 aliphatic carbocycles. The summed E-state index contributed by atoms with van der Waals surface area (Å²) >= 11 is 0. The van der Waals surface area contributed by atoms with Gasteiger partial charge in [-0.1, -0.05) is 319 Å². The van der Waals surface area contributed by atoms with Crippen LogP contribution in [-0.2, 0) is 14.3 Å². The SMILES string of the molecule is CCCCCCC/C=C\C/C=C\C/C=C\CCCCCCCCCCCCCCCCCCCCCCC(=O)NC(COC1OC(CO)C(O)C(O)C1O)C(O)/C=C/CC/C=C/CCCCCCCCCCCCCCCCCCC. The van der Waals surface area contributed by atoms with Crippen molar-refractivity contribution < 1.29 is 39.8 Å². The van der Waals surface area contributed by atoms with Gasteiger partial charge in [-0.2, -0.15) is 0 Å². The fourth-order valence-corrected chi connectivity index (χ4v) is 11.1. The van der Waals surface area contributed by atoms with E-state index in [2.05, 4.69) is 67.8 Å². The zero-order valence-electron chi connectivity index (χ0n) is 53.0. The van der Waals surface area contributed by atoms with Crippen molar-refractivity contribution >= 4 is 5.91 Å². The maximum absolute atomic E-state index is 13.1. The van der Waals surface area contributed by atoms with E-state index in [9.17, 15) is 30.3 Å². The van der Waals surface area contributed by atoms with Crippen LogP contribution in [0.15, 0.2) is 60.8 Å². The number of carbonyl (C=O) groups excluding carboxylic acids is 1. The van der Waals surface area contributed by atoms with Crippen molar-refractivity contribution in [3.8, 4) is 0 Å². The van der Waals surface area contributed by atoms with Gasteiger partial charge in [-0.15, -0.1) is 0 Å². The highest BCUT2D eigenvalue weighted by Crippen LogP contribution is 2.23. The molecular weight excluding hydrogens is 1010 g/mol.